The third kappa shape index (κ3) is 5.62. The molecular formula is C28H32N2O3S. The first-order chi connectivity index (χ1) is 16.2. The normalized spacial score (nSPS) is 16.3. The zero-order valence-corrected chi connectivity index (χ0v) is 20.9. The van der Waals surface area contributed by atoms with Gasteiger partial charge in [-0.3, -0.25) is 9.78 Å². The Bertz CT molecular complexity index is 1260. The predicted octanol–water partition coefficient (Wildman–Crippen LogP) is 5.24. The first-order valence-electron chi connectivity index (χ1n) is 11.8. The second-order valence-corrected chi connectivity index (χ2v) is 11.3. The number of carbonyl (C=O) groups excluding carboxylic acids is 1. The number of ketones is 1. The molecule has 3 aromatic rings. The molecule has 6 heteroatoms. The summed E-state index contributed by atoms with van der Waals surface area (Å²) < 4.78 is 25.2. The minimum atomic E-state index is -3.12. The fraction of sp³-hybridized carbons (Fsp3) is 0.357. The lowest BCUT2D eigenvalue weighted by molar-refractivity contribution is 0.0977. The van der Waals surface area contributed by atoms with Gasteiger partial charge in [-0.1, -0.05) is 48.5 Å². The average molecular weight is 477 g/mol. The molecule has 34 heavy (non-hydrogen) atoms. The van der Waals surface area contributed by atoms with Crippen LogP contribution >= 0.6 is 0 Å². The maximum atomic E-state index is 13.2. The van der Waals surface area contributed by atoms with Crippen molar-refractivity contribution < 1.29 is 13.2 Å². The lowest BCUT2D eigenvalue weighted by Gasteiger charge is -2.30. The maximum absolute atomic E-state index is 13.2. The highest BCUT2D eigenvalue weighted by molar-refractivity contribution is 7.88. The van der Waals surface area contributed by atoms with Gasteiger partial charge in [0.25, 0.3) is 0 Å². The molecule has 1 aromatic heterocycles. The van der Waals surface area contributed by atoms with Gasteiger partial charge < -0.3 is 0 Å². The van der Waals surface area contributed by atoms with Crippen molar-refractivity contribution in [3.63, 3.8) is 0 Å². The van der Waals surface area contributed by atoms with Gasteiger partial charge in [0.15, 0.2) is 5.78 Å². The summed E-state index contributed by atoms with van der Waals surface area (Å²) in [5, 5.41) is 0. The van der Waals surface area contributed by atoms with E-state index in [1.807, 2.05) is 25.1 Å². The predicted molar refractivity (Wildman–Crippen MR) is 136 cm³/mol. The van der Waals surface area contributed by atoms with E-state index < -0.39 is 10.0 Å². The van der Waals surface area contributed by atoms with Gasteiger partial charge in [0.1, 0.15) is 0 Å². The van der Waals surface area contributed by atoms with Gasteiger partial charge in [-0.2, -0.15) is 0 Å². The molecule has 4 rings (SSSR count). The summed E-state index contributed by atoms with van der Waals surface area (Å²) >= 11 is 0. The molecule has 0 bridgehead atoms. The van der Waals surface area contributed by atoms with Crippen molar-refractivity contribution in [2.45, 2.75) is 44.9 Å². The van der Waals surface area contributed by atoms with Crippen molar-refractivity contribution in [1.82, 2.24) is 9.29 Å². The van der Waals surface area contributed by atoms with Gasteiger partial charge in [-0.05, 0) is 67.0 Å². The van der Waals surface area contributed by atoms with Gasteiger partial charge in [-0.15, -0.1) is 0 Å². The Labute approximate surface area is 202 Å². The fourth-order valence-corrected chi connectivity index (χ4v) is 5.80. The SMILES string of the molecule is Cc1cc(C(=O)CC(c2ccc(C3CCN(S(C)(=O)=O)CC3)cc2)c2ccccc2C)ccn1. The summed E-state index contributed by atoms with van der Waals surface area (Å²) in [6, 6.07) is 20.5. The van der Waals surface area contributed by atoms with Crippen molar-refractivity contribution >= 4 is 15.8 Å². The molecule has 1 unspecified atom stereocenters. The Morgan fingerprint density at radius 2 is 1.71 bits per heavy atom. The number of carbonyl (C=O) groups is 1. The van der Waals surface area contributed by atoms with Crippen molar-refractivity contribution in [2.75, 3.05) is 19.3 Å². The quantitative estimate of drug-likeness (QED) is 0.437. The van der Waals surface area contributed by atoms with E-state index in [0.29, 0.717) is 31.0 Å². The Balaban J connectivity index is 1.57. The lowest BCUT2D eigenvalue weighted by Crippen LogP contribution is -2.37. The zero-order valence-electron chi connectivity index (χ0n) is 20.1. The molecule has 1 saturated heterocycles. The highest BCUT2D eigenvalue weighted by Gasteiger charge is 2.26. The monoisotopic (exact) mass is 476 g/mol. The molecule has 0 spiro atoms. The number of nitrogens with zero attached hydrogens (tertiary/aromatic N) is 2. The summed E-state index contributed by atoms with van der Waals surface area (Å²) in [6.45, 7) is 5.12. The second-order valence-electron chi connectivity index (χ2n) is 9.33. The molecule has 178 valence electrons. The minimum Gasteiger partial charge on any atom is -0.294 e. The van der Waals surface area contributed by atoms with E-state index in [4.69, 9.17) is 0 Å². The van der Waals surface area contributed by atoms with E-state index in [0.717, 1.165) is 29.7 Å². The lowest BCUT2D eigenvalue weighted by atomic mass is 9.82. The highest BCUT2D eigenvalue weighted by atomic mass is 32.2. The van der Waals surface area contributed by atoms with E-state index in [-0.39, 0.29) is 11.7 Å². The topological polar surface area (TPSA) is 67.3 Å². The van der Waals surface area contributed by atoms with E-state index in [1.165, 1.54) is 17.4 Å². The Morgan fingerprint density at radius 3 is 2.32 bits per heavy atom. The van der Waals surface area contributed by atoms with E-state index in [9.17, 15) is 13.2 Å². The first kappa shape index (κ1) is 24.3. The Hall–Kier alpha value is -2.83. The number of sulfonamides is 1. The number of pyridine rings is 1. The number of hydrogen-bond donors (Lipinski definition) is 0. The Morgan fingerprint density at radius 1 is 1.03 bits per heavy atom. The molecular weight excluding hydrogens is 444 g/mol. The molecule has 1 aliphatic rings. The molecule has 1 fully saturated rings. The fourth-order valence-electron chi connectivity index (χ4n) is 4.93. The summed E-state index contributed by atoms with van der Waals surface area (Å²) in [5.41, 5.74) is 6.21. The standard InChI is InChI=1S/C28H32N2O3S/c1-20-6-4-5-7-26(20)27(19-28(31)25-12-15-29-21(2)18-25)24-10-8-22(9-11-24)23-13-16-30(17-14-23)34(3,32)33/h4-12,15,18,23,27H,13-14,16-17,19H2,1-3H3. The van der Waals surface area contributed by atoms with Gasteiger partial charge >= 0.3 is 0 Å². The van der Waals surface area contributed by atoms with Gasteiger partial charge in [0, 0.05) is 42.9 Å². The van der Waals surface area contributed by atoms with E-state index in [2.05, 4.69) is 48.3 Å². The van der Waals surface area contributed by atoms with E-state index >= 15 is 0 Å². The van der Waals surface area contributed by atoms with Crippen LogP contribution in [0.15, 0.2) is 66.9 Å². The third-order valence-electron chi connectivity index (χ3n) is 6.91. The molecule has 0 saturated carbocycles. The first-order valence-corrected chi connectivity index (χ1v) is 13.6. The largest absolute Gasteiger partial charge is 0.294 e. The number of hydrogen-bond acceptors (Lipinski definition) is 4. The third-order valence-corrected chi connectivity index (χ3v) is 8.21. The van der Waals surface area contributed by atoms with Crippen LogP contribution in [0.5, 0.6) is 0 Å². The summed E-state index contributed by atoms with van der Waals surface area (Å²) in [4.78, 5) is 17.4. The molecule has 0 radical (unpaired) electrons. The summed E-state index contributed by atoms with van der Waals surface area (Å²) in [5.74, 6) is 0.421. The van der Waals surface area contributed by atoms with Crippen LogP contribution in [-0.2, 0) is 10.0 Å². The molecule has 2 heterocycles. The van der Waals surface area contributed by atoms with Crippen molar-refractivity contribution in [3.05, 3.63) is 100 Å². The summed E-state index contributed by atoms with van der Waals surface area (Å²) in [6.07, 6.45) is 5.01. The number of Topliss-reactive ketones (excluding diaryl/α,β-unsaturated/α-hetero) is 1. The average Bonchev–Trinajstić information content (AvgIpc) is 2.83. The maximum Gasteiger partial charge on any atom is 0.211 e. The van der Waals surface area contributed by atoms with Crippen molar-refractivity contribution in [2.24, 2.45) is 0 Å². The van der Waals surface area contributed by atoms with Crippen LogP contribution in [0.4, 0.5) is 0 Å². The minimum absolute atomic E-state index is 0.0386. The molecule has 0 amide bonds. The van der Waals surface area contributed by atoms with Crippen LogP contribution in [-0.4, -0.2) is 42.8 Å². The van der Waals surface area contributed by atoms with E-state index in [1.54, 1.807) is 16.6 Å². The number of rotatable bonds is 7. The molecule has 5 nitrogen and oxygen atoms in total. The summed E-state index contributed by atoms with van der Waals surface area (Å²) in [7, 11) is -3.12. The van der Waals surface area contributed by atoms with Gasteiger partial charge in [0.2, 0.25) is 10.0 Å². The Kier molecular flexibility index (Phi) is 7.29. The van der Waals surface area contributed by atoms with Crippen molar-refractivity contribution in [1.29, 1.82) is 0 Å². The van der Waals surface area contributed by atoms with Crippen LogP contribution in [0.25, 0.3) is 0 Å². The zero-order chi connectivity index (χ0) is 24.3. The molecule has 0 aliphatic carbocycles. The van der Waals surface area contributed by atoms with Gasteiger partial charge in [0.05, 0.1) is 6.26 Å². The molecule has 1 aliphatic heterocycles. The van der Waals surface area contributed by atoms with Crippen LogP contribution in [0.2, 0.25) is 0 Å². The second kappa shape index (κ2) is 10.2. The highest BCUT2D eigenvalue weighted by Crippen LogP contribution is 2.34. The van der Waals surface area contributed by atoms with Crippen LogP contribution < -0.4 is 0 Å². The number of aryl methyl sites for hydroxylation is 2. The van der Waals surface area contributed by atoms with Crippen LogP contribution in [0, 0.1) is 13.8 Å². The van der Waals surface area contributed by atoms with Gasteiger partial charge in [-0.25, -0.2) is 12.7 Å². The number of aromatic nitrogens is 1. The number of piperidine rings is 1. The number of benzene rings is 2. The van der Waals surface area contributed by atoms with Crippen LogP contribution in [0.1, 0.15) is 69.4 Å². The van der Waals surface area contributed by atoms with Crippen molar-refractivity contribution in [3.8, 4) is 0 Å². The molecule has 0 N–H and O–H groups in total. The molecule has 1 atom stereocenters. The van der Waals surface area contributed by atoms with Crippen LogP contribution in [0.3, 0.4) is 0 Å². The smallest absolute Gasteiger partial charge is 0.211 e. The molecule has 2 aromatic carbocycles.